The lowest BCUT2D eigenvalue weighted by atomic mass is 9.60. The molecule has 1 atom stereocenters. The summed E-state index contributed by atoms with van der Waals surface area (Å²) in [5.41, 5.74) is 1.97. The molecule has 0 amide bonds. The first kappa shape index (κ1) is 21.3. The van der Waals surface area contributed by atoms with Crippen LogP contribution in [0, 0.1) is 16.2 Å². The third kappa shape index (κ3) is 3.63. The summed E-state index contributed by atoms with van der Waals surface area (Å²) in [6.07, 6.45) is 6.83. The van der Waals surface area contributed by atoms with E-state index < -0.39 is 5.41 Å². The number of allylic oxidation sites excluding steroid dienone is 5. The van der Waals surface area contributed by atoms with Crippen molar-refractivity contribution in [2.24, 2.45) is 16.2 Å². The van der Waals surface area contributed by atoms with Gasteiger partial charge in [0.05, 0.1) is 7.11 Å². The van der Waals surface area contributed by atoms with Crippen LogP contribution in [0.2, 0.25) is 0 Å². The number of benzene rings is 1. The Morgan fingerprint density at radius 2 is 1.48 bits per heavy atom. The second-order valence-corrected chi connectivity index (χ2v) is 10.2. The van der Waals surface area contributed by atoms with Gasteiger partial charge < -0.3 is 4.74 Å². The summed E-state index contributed by atoms with van der Waals surface area (Å²) in [4.78, 5) is 26.3. The van der Waals surface area contributed by atoms with Crippen LogP contribution < -0.4 is 0 Å². The Kier molecular flexibility index (Phi) is 5.23. The van der Waals surface area contributed by atoms with E-state index in [2.05, 4.69) is 65.8 Å². The average Bonchev–Trinajstić information content (AvgIpc) is 3.00. The van der Waals surface area contributed by atoms with Crippen molar-refractivity contribution in [3.05, 3.63) is 70.8 Å². The number of hydrogen-bond acceptors (Lipinski definition) is 3. The zero-order valence-electron chi connectivity index (χ0n) is 18.6. The third-order valence-electron chi connectivity index (χ3n) is 6.08. The van der Waals surface area contributed by atoms with Gasteiger partial charge in [0, 0.05) is 28.1 Å². The van der Waals surface area contributed by atoms with Crippen LogP contribution in [0.25, 0.3) is 0 Å². The van der Waals surface area contributed by atoms with E-state index in [4.69, 9.17) is 4.74 Å². The number of carbonyl (C=O) groups is 2. The van der Waals surface area contributed by atoms with Gasteiger partial charge in [-0.25, -0.2) is 4.79 Å². The SMILES string of the molecule is COC(=O)C1=CCC(c2ccccc2)C12C=C(C(C)(C)C)C(=O)C(C(C)(C)C)=C2. The molecule has 1 aromatic carbocycles. The Bertz CT molecular complexity index is 881. The fourth-order valence-electron chi connectivity index (χ4n) is 4.53. The molecule has 3 heteroatoms. The lowest BCUT2D eigenvalue weighted by molar-refractivity contribution is -0.137. The minimum Gasteiger partial charge on any atom is -0.466 e. The molecule has 1 unspecified atom stereocenters. The molecule has 154 valence electrons. The quantitative estimate of drug-likeness (QED) is 0.599. The highest BCUT2D eigenvalue weighted by molar-refractivity contribution is 6.12. The number of esters is 1. The van der Waals surface area contributed by atoms with Gasteiger partial charge in [-0.2, -0.15) is 0 Å². The lowest BCUT2D eigenvalue weighted by Gasteiger charge is -2.41. The zero-order chi connectivity index (χ0) is 21.6. The van der Waals surface area contributed by atoms with Gasteiger partial charge in [0.1, 0.15) is 0 Å². The van der Waals surface area contributed by atoms with E-state index in [1.54, 1.807) is 0 Å². The highest BCUT2D eigenvalue weighted by Gasteiger charge is 2.51. The molecule has 1 spiro atoms. The molecular weight excluding hydrogens is 360 g/mol. The highest BCUT2D eigenvalue weighted by atomic mass is 16.5. The topological polar surface area (TPSA) is 43.4 Å². The molecular formula is C26H32O3. The van der Waals surface area contributed by atoms with E-state index in [1.165, 1.54) is 7.11 Å². The second kappa shape index (κ2) is 7.12. The van der Waals surface area contributed by atoms with Crippen LogP contribution in [0.1, 0.15) is 59.4 Å². The van der Waals surface area contributed by atoms with Gasteiger partial charge in [0.15, 0.2) is 5.78 Å². The maximum Gasteiger partial charge on any atom is 0.334 e. The zero-order valence-corrected chi connectivity index (χ0v) is 18.6. The van der Waals surface area contributed by atoms with Crippen molar-refractivity contribution in [2.75, 3.05) is 7.11 Å². The molecule has 3 nitrogen and oxygen atoms in total. The first-order chi connectivity index (χ1) is 13.4. The van der Waals surface area contributed by atoms with Crippen molar-refractivity contribution >= 4 is 11.8 Å². The van der Waals surface area contributed by atoms with E-state index in [1.807, 2.05) is 24.3 Å². The van der Waals surface area contributed by atoms with Crippen LogP contribution in [0.4, 0.5) is 0 Å². The summed E-state index contributed by atoms with van der Waals surface area (Å²) in [5.74, 6) is -0.203. The molecule has 0 bridgehead atoms. The number of rotatable bonds is 2. The number of Topliss-reactive ketones (excluding diaryl/α,β-unsaturated/α-hetero) is 1. The van der Waals surface area contributed by atoms with Crippen LogP contribution in [0.3, 0.4) is 0 Å². The van der Waals surface area contributed by atoms with Crippen LogP contribution in [0.5, 0.6) is 0 Å². The Morgan fingerprint density at radius 3 is 1.93 bits per heavy atom. The number of methoxy groups -OCH3 is 1. The largest absolute Gasteiger partial charge is 0.466 e. The average molecular weight is 393 g/mol. The lowest BCUT2D eigenvalue weighted by Crippen LogP contribution is -2.37. The van der Waals surface area contributed by atoms with E-state index in [-0.39, 0.29) is 28.5 Å². The standard InChI is InChI=1S/C26H32O3/c1-24(2,3)20-15-26(16-21(22(20)27)25(4,5)6)18(17-11-9-8-10-12-17)13-14-19(26)23(28)29-7/h8-12,14-16,18H,13H2,1-7H3. The second-order valence-electron chi connectivity index (χ2n) is 10.2. The number of hydrogen-bond donors (Lipinski definition) is 0. The molecule has 3 rings (SSSR count). The van der Waals surface area contributed by atoms with Crippen molar-refractivity contribution in [3.8, 4) is 0 Å². The van der Waals surface area contributed by atoms with Gasteiger partial charge >= 0.3 is 5.97 Å². The summed E-state index contributed by atoms with van der Waals surface area (Å²) >= 11 is 0. The fourth-order valence-corrected chi connectivity index (χ4v) is 4.53. The molecule has 0 saturated carbocycles. The van der Waals surface area contributed by atoms with Crippen molar-refractivity contribution in [2.45, 2.75) is 53.9 Å². The van der Waals surface area contributed by atoms with E-state index in [0.29, 0.717) is 5.57 Å². The summed E-state index contributed by atoms with van der Waals surface area (Å²) in [5, 5.41) is 0. The van der Waals surface area contributed by atoms with E-state index in [0.717, 1.165) is 23.1 Å². The molecule has 0 N–H and O–H groups in total. The van der Waals surface area contributed by atoms with Crippen LogP contribution in [-0.4, -0.2) is 18.9 Å². The Balaban J connectivity index is 2.34. The van der Waals surface area contributed by atoms with Crippen LogP contribution in [-0.2, 0) is 14.3 Å². The molecule has 0 aliphatic heterocycles. The smallest absolute Gasteiger partial charge is 0.334 e. The van der Waals surface area contributed by atoms with E-state index >= 15 is 0 Å². The molecule has 2 aliphatic carbocycles. The normalized spacial score (nSPS) is 21.6. The molecule has 29 heavy (non-hydrogen) atoms. The van der Waals surface area contributed by atoms with E-state index in [9.17, 15) is 9.59 Å². The molecule has 0 radical (unpaired) electrons. The van der Waals surface area contributed by atoms with Crippen molar-refractivity contribution in [3.63, 3.8) is 0 Å². The molecule has 2 aliphatic rings. The summed E-state index contributed by atoms with van der Waals surface area (Å²) in [6, 6.07) is 10.3. The molecule has 0 heterocycles. The summed E-state index contributed by atoms with van der Waals surface area (Å²) in [6.45, 7) is 12.4. The highest BCUT2D eigenvalue weighted by Crippen LogP contribution is 2.57. The van der Waals surface area contributed by atoms with Gasteiger partial charge in [0.25, 0.3) is 0 Å². The third-order valence-corrected chi connectivity index (χ3v) is 6.08. The predicted octanol–water partition coefficient (Wildman–Crippen LogP) is 5.79. The minimum absolute atomic E-state index is 0.0422. The Morgan fingerprint density at radius 1 is 0.966 bits per heavy atom. The summed E-state index contributed by atoms with van der Waals surface area (Å²) < 4.78 is 5.16. The van der Waals surface area contributed by atoms with Gasteiger partial charge in [-0.15, -0.1) is 0 Å². The van der Waals surface area contributed by atoms with Gasteiger partial charge in [-0.05, 0) is 22.8 Å². The Labute approximate surface area is 174 Å². The van der Waals surface area contributed by atoms with Crippen LogP contribution in [0.15, 0.2) is 65.3 Å². The maximum atomic E-state index is 13.5. The fraction of sp³-hybridized carbons (Fsp3) is 0.462. The van der Waals surface area contributed by atoms with Crippen molar-refractivity contribution < 1.29 is 14.3 Å². The minimum atomic E-state index is -0.687. The summed E-state index contributed by atoms with van der Waals surface area (Å²) in [7, 11) is 1.42. The monoisotopic (exact) mass is 392 g/mol. The molecule has 1 aromatic rings. The Hall–Kier alpha value is -2.42. The van der Waals surface area contributed by atoms with Gasteiger partial charge in [0.2, 0.25) is 0 Å². The van der Waals surface area contributed by atoms with Crippen LogP contribution >= 0.6 is 0 Å². The predicted molar refractivity (Wildman–Crippen MR) is 116 cm³/mol. The number of ether oxygens (including phenoxy) is 1. The molecule has 0 aromatic heterocycles. The first-order valence-corrected chi connectivity index (χ1v) is 10.3. The van der Waals surface area contributed by atoms with Gasteiger partial charge in [-0.3, -0.25) is 4.79 Å². The maximum absolute atomic E-state index is 13.5. The molecule has 0 fully saturated rings. The first-order valence-electron chi connectivity index (χ1n) is 10.3. The van der Waals surface area contributed by atoms with Crippen molar-refractivity contribution in [1.82, 2.24) is 0 Å². The van der Waals surface area contributed by atoms with Gasteiger partial charge in [-0.1, -0.05) is 90.1 Å². The number of carbonyl (C=O) groups excluding carboxylic acids is 2. The van der Waals surface area contributed by atoms with Crippen molar-refractivity contribution in [1.29, 1.82) is 0 Å². The molecule has 0 saturated heterocycles. The number of ketones is 1.